The van der Waals surface area contributed by atoms with E-state index in [0.29, 0.717) is 21.3 Å². The number of halogens is 1. The average Bonchev–Trinajstić information content (AvgIpc) is 3.20. The van der Waals surface area contributed by atoms with E-state index < -0.39 is 28.4 Å². The molecule has 190 valence electrons. The van der Waals surface area contributed by atoms with Crippen LogP contribution in [0.1, 0.15) is 46.1 Å². The van der Waals surface area contributed by atoms with Gasteiger partial charge in [-0.3, -0.25) is 9.10 Å². The molecule has 0 saturated carbocycles. The van der Waals surface area contributed by atoms with E-state index in [2.05, 4.69) is 5.32 Å². The van der Waals surface area contributed by atoms with Gasteiger partial charge in [-0.25, -0.2) is 13.2 Å². The van der Waals surface area contributed by atoms with Gasteiger partial charge in [0.1, 0.15) is 11.5 Å². The fourth-order valence-electron chi connectivity index (χ4n) is 4.20. The zero-order valence-electron chi connectivity index (χ0n) is 20.0. The van der Waals surface area contributed by atoms with Crippen molar-refractivity contribution in [3.8, 4) is 0 Å². The largest absolute Gasteiger partial charge is 0.462 e. The minimum Gasteiger partial charge on any atom is -0.462 e. The maximum Gasteiger partial charge on any atom is 0.341 e. The molecule has 0 radical (unpaired) electrons. The normalized spacial score (nSPS) is 13.1. The second kappa shape index (κ2) is 11.0. The molecule has 3 aromatic rings. The highest BCUT2D eigenvalue weighted by Crippen LogP contribution is 2.38. The highest BCUT2D eigenvalue weighted by molar-refractivity contribution is 7.92. The van der Waals surface area contributed by atoms with Crippen LogP contribution in [0.3, 0.4) is 0 Å². The molecule has 4 rings (SSSR count). The van der Waals surface area contributed by atoms with Gasteiger partial charge in [0.25, 0.3) is 10.0 Å². The van der Waals surface area contributed by atoms with Crippen LogP contribution in [0.25, 0.3) is 0 Å². The molecule has 0 spiro atoms. The molecule has 7 nitrogen and oxygen atoms in total. The number of hydrogen-bond acceptors (Lipinski definition) is 6. The molecule has 1 aliphatic rings. The number of rotatable bonds is 8. The van der Waals surface area contributed by atoms with Crippen molar-refractivity contribution in [2.45, 2.75) is 44.4 Å². The number of ether oxygens (including phenoxy) is 1. The van der Waals surface area contributed by atoms with Crippen molar-refractivity contribution in [2.24, 2.45) is 0 Å². The Hall–Kier alpha value is -2.88. The van der Waals surface area contributed by atoms with E-state index in [1.807, 2.05) is 13.0 Å². The van der Waals surface area contributed by atoms with E-state index in [9.17, 15) is 18.0 Å². The number of sulfonamides is 1. The number of esters is 1. The second-order valence-corrected chi connectivity index (χ2v) is 11.9. The first-order valence-electron chi connectivity index (χ1n) is 11.7. The summed E-state index contributed by atoms with van der Waals surface area (Å²) < 4.78 is 33.5. The Kier molecular flexibility index (Phi) is 8.02. The molecule has 1 N–H and O–H groups in total. The van der Waals surface area contributed by atoms with Gasteiger partial charge in [-0.15, -0.1) is 11.3 Å². The van der Waals surface area contributed by atoms with E-state index in [1.165, 1.54) is 35.6 Å². The summed E-state index contributed by atoms with van der Waals surface area (Å²) in [5, 5.41) is 3.61. The van der Waals surface area contributed by atoms with Crippen molar-refractivity contribution in [3.05, 3.63) is 75.1 Å². The van der Waals surface area contributed by atoms with Gasteiger partial charge in [0.05, 0.1) is 22.8 Å². The van der Waals surface area contributed by atoms with Gasteiger partial charge in [0, 0.05) is 9.90 Å². The molecule has 36 heavy (non-hydrogen) atoms. The number of amides is 1. The predicted octanol–water partition coefficient (Wildman–Crippen LogP) is 5.60. The molecule has 0 unspecified atom stereocenters. The summed E-state index contributed by atoms with van der Waals surface area (Å²) in [4.78, 5) is 27.1. The van der Waals surface area contributed by atoms with Crippen LogP contribution in [0.2, 0.25) is 5.02 Å². The number of anilines is 2. The van der Waals surface area contributed by atoms with E-state index in [0.717, 1.165) is 46.0 Å². The molecule has 0 fully saturated rings. The molecular weight excluding hydrogens is 520 g/mol. The standard InChI is InChI=1S/C26H27ClN2O5S2/c1-3-34-26(31)24-21-9-4-5-10-22(21)35-25(24)28-23(30)16-29(19-8-6-7-17(2)15-19)36(32,33)20-13-11-18(27)12-14-20/h6-8,11-15H,3-5,9-10,16H2,1-2H3,(H,28,30). The van der Waals surface area contributed by atoms with Crippen LogP contribution in [0.5, 0.6) is 0 Å². The van der Waals surface area contributed by atoms with E-state index >= 15 is 0 Å². The Morgan fingerprint density at radius 2 is 1.83 bits per heavy atom. The lowest BCUT2D eigenvalue weighted by Gasteiger charge is -2.24. The smallest absolute Gasteiger partial charge is 0.341 e. The monoisotopic (exact) mass is 546 g/mol. The Morgan fingerprint density at radius 1 is 1.11 bits per heavy atom. The maximum absolute atomic E-state index is 13.6. The number of aryl methyl sites for hydroxylation is 2. The fourth-order valence-corrected chi connectivity index (χ4v) is 7.03. The van der Waals surface area contributed by atoms with Crippen LogP contribution in [0.4, 0.5) is 10.7 Å². The third-order valence-corrected chi connectivity index (χ3v) is 9.13. The SMILES string of the molecule is CCOC(=O)c1c(NC(=O)CN(c2cccc(C)c2)S(=O)(=O)c2ccc(Cl)cc2)sc2c1CCCC2. The summed E-state index contributed by atoms with van der Waals surface area (Å²) in [6.45, 7) is 3.32. The first-order valence-corrected chi connectivity index (χ1v) is 14.3. The minimum absolute atomic E-state index is 0.0139. The third kappa shape index (κ3) is 5.58. The highest BCUT2D eigenvalue weighted by Gasteiger charge is 2.30. The number of hydrogen-bond donors (Lipinski definition) is 1. The summed E-state index contributed by atoms with van der Waals surface area (Å²) >= 11 is 7.31. The highest BCUT2D eigenvalue weighted by atomic mass is 35.5. The number of nitrogens with one attached hydrogen (secondary N) is 1. The predicted molar refractivity (Wildman–Crippen MR) is 143 cm³/mol. The van der Waals surface area contributed by atoms with Gasteiger partial charge < -0.3 is 10.1 Å². The number of thiophene rings is 1. The number of carbonyl (C=O) groups is 2. The minimum atomic E-state index is -4.09. The van der Waals surface area contributed by atoms with Gasteiger partial charge >= 0.3 is 5.97 Å². The fraction of sp³-hybridized carbons (Fsp3) is 0.308. The summed E-state index contributed by atoms with van der Waals surface area (Å²) in [5.41, 5.74) is 2.51. The first kappa shape index (κ1) is 26.2. The van der Waals surface area contributed by atoms with Gasteiger partial charge in [0.15, 0.2) is 0 Å². The molecule has 1 aliphatic carbocycles. The molecule has 0 saturated heterocycles. The lowest BCUT2D eigenvalue weighted by Crippen LogP contribution is -2.38. The average molecular weight is 547 g/mol. The second-order valence-electron chi connectivity index (χ2n) is 8.49. The summed E-state index contributed by atoms with van der Waals surface area (Å²) in [5.74, 6) is -1.03. The number of carbonyl (C=O) groups excluding carboxylic acids is 2. The van der Waals surface area contributed by atoms with Crippen LogP contribution in [0.15, 0.2) is 53.4 Å². The molecule has 1 heterocycles. The molecule has 1 aromatic heterocycles. The molecular formula is C26H27ClN2O5S2. The molecule has 0 bridgehead atoms. The Morgan fingerprint density at radius 3 is 2.53 bits per heavy atom. The topological polar surface area (TPSA) is 92.8 Å². The van der Waals surface area contributed by atoms with Crippen molar-refractivity contribution < 1.29 is 22.7 Å². The lowest BCUT2D eigenvalue weighted by atomic mass is 9.95. The maximum atomic E-state index is 13.6. The van der Waals surface area contributed by atoms with Gasteiger partial charge in [-0.2, -0.15) is 0 Å². The number of fused-ring (bicyclic) bond motifs is 1. The van der Waals surface area contributed by atoms with Crippen LogP contribution < -0.4 is 9.62 Å². The van der Waals surface area contributed by atoms with E-state index in [1.54, 1.807) is 25.1 Å². The van der Waals surface area contributed by atoms with Gasteiger partial charge in [-0.05, 0) is 87.1 Å². The van der Waals surface area contributed by atoms with E-state index in [4.69, 9.17) is 16.3 Å². The van der Waals surface area contributed by atoms with Gasteiger partial charge in [-0.1, -0.05) is 23.7 Å². The zero-order chi connectivity index (χ0) is 25.9. The van der Waals surface area contributed by atoms with Crippen LogP contribution in [0, 0.1) is 6.92 Å². The molecule has 2 aromatic carbocycles. The lowest BCUT2D eigenvalue weighted by molar-refractivity contribution is -0.114. The summed E-state index contributed by atoms with van der Waals surface area (Å²) in [6, 6.07) is 12.7. The quantitative estimate of drug-likeness (QED) is 0.371. The van der Waals surface area contributed by atoms with Crippen molar-refractivity contribution in [3.63, 3.8) is 0 Å². The molecule has 1 amide bonds. The van der Waals surface area contributed by atoms with Crippen LogP contribution >= 0.6 is 22.9 Å². The summed E-state index contributed by atoms with van der Waals surface area (Å²) in [7, 11) is -4.09. The van der Waals surface area contributed by atoms with E-state index in [-0.39, 0.29) is 11.5 Å². The van der Waals surface area contributed by atoms with Crippen LogP contribution in [-0.4, -0.2) is 33.4 Å². The Balaban J connectivity index is 1.67. The zero-order valence-corrected chi connectivity index (χ0v) is 22.4. The Labute approximate surface area is 220 Å². The summed E-state index contributed by atoms with van der Waals surface area (Å²) in [6.07, 6.45) is 3.56. The van der Waals surface area contributed by atoms with Crippen molar-refractivity contribution in [2.75, 3.05) is 22.8 Å². The first-order chi connectivity index (χ1) is 17.2. The third-order valence-electron chi connectivity index (χ3n) is 5.88. The van der Waals surface area contributed by atoms with Crippen LogP contribution in [-0.2, 0) is 32.4 Å². The van der Waals surface area contributed by atoms with Crippen molar-refractivity contribution >= 4 is 55.5 Å². The number of nitrogens with zero attached hydrogens (tertiary/aromatic N) is 1. The van der Waals surface area contributed by atoms with Gasteiger partial charge in [0.2, 0.25) is 5.91 Å². The molecule has 0 atom stereocenters. The van der Waals surface area contributed by atoms with Crippen molar-refractivity contribution in [1.29, 1.82) is 0 Å². The Bertz CT molecular complexity index is 1380. The molecule has 0 aliphatic heterocycles. The van der Waals surface area contributed by atoms with Crippen molar-refractivity contribution in [1.82, 2.24) is 0 Å². The number of benzene rings is 2. The molecule has 10 heteroatoms.